The van der Waals surface area contributed by atoms with Crippen LogP contribution in [0.25, 0.3) is 0 Å². The summed E-state index contributed by atoms with van der Waals surface area (Å²) in [6.07, 6.45) is 15.1. The molecule has 0 nitrogen and oxygen atoms in total. The monoisotopic (exact) mass is 136 g/mol. The third-order valence-corrected chi connectivity index (χ3v) is 3.13. The smallest absolute Gasteiger partial charge is 0.0115 e. The Hall–Kier alpha value is -0.260. The highest BCUT2D eigenvalue weighted by Gasteiger charge is 2.30. The summed E-state index contributed by atoms with van der Waals surface area (Å²) < 4.78 is 0. The molecule has 0 unspecified atom stereocenters. The van der Waals surface area contributed by atoms with Crippen LogP contribution in [0.2, 0.25) is 0 Å². The second-order valence-corrected chi connectivity index (χ2v) is 3.86. The molecule has 2 aliphatic carbocycles. The fourth-order valence-electron chi connectivity index (χ4n) is 2.46. The summed E-state index contributed by atoms with van der Waals surface area (Å²) in [6.45, 7) is 0. The molecule has 56 valence electrons. The van der Waals surface area contributed by atoms with Gasteiger partial charge in [-0.05, 0) is 31.1 Å². The molecule has 0 saturated heterocycles. The Morgan fingerprint density at radius 2 is 1.70 bits per heavy atom. The molecule has 0 bridgehead atoms. The standard InChI is InChI=1S/C10H16/c1-2-6-10(7-3-1)8-4-5-9-10/h4,8H,1-3,5-7,9H2. The van der Waals surface area contributed by atoms with Gasteiger partial charge in [0.05, 0.1) is 0 Å². The van der Waals surface area contributed by atoms with Crippen LogP contribution in [0.1, 0.15) is 44.9 Å². The number of hydrogen-bond acceptors (Lipinski definition) is 0. The van der Waals surface area contributed by atoms with E-state index in [0.29, 0.717) is 5.41 Å². The van der Waals surface area contributed by atoms with Gasteiger partial charge < -0.3 is 0 Å². The summed E-state index contributed by atoms with van der Waals surface area (Å²) in [5, 5.41) is 0. The average molecular weight is 136 g/mol. The Bertz CT molecular complexity index is 138. The molecule has 0 N–H and O–H groups in total. The molecule has 0 aromatic rings. The van der Waals surface area contributed by atoms with Gasteiger partial charge in [-0.2, -0.15) is 0 Å². The Morgan fingerprint density at radius 3 is 2.30 bits per heavy atom. The Morgan fingerprint density at radius 1 is 0.900 bits per heavy atom. The summed E-state index contributed by atoms with van der Waals surface area (Å²) in [6, 6.07) is 0. The minimum absolute atomic E-state index is 0.693. The fourth-order valence-corrected chi connectivity index (χ4v) is 2.46. The van der Waals surface area contributed by atoms with Crippen LogP contribution in [-0.2, 0) is 0 Å². The van der Waals surface area contributed by atoms with Crippen molar-refractivity contribution in [3.63, 3.8) is 0 Å². The quantitative estimate of drug-likeness (QED) is 0.448. The third-order valence-electron chi connectivity index (χ3n) is 3.13. The van der Waals surface area contributed by atoms with E-state index in [1.54, 1.807) is 0 Å². The van der Waals surface area contributed by atoms with Crippen LogP contribution in [0.5, 0.6) is 0 Å². The van der Waals surface area contributed by atoms with E-state index in [4.69, 9.17) is 0 Å². The van der Waals surface area contributed by atoms with E-state index >= 15 is 0 Å². The van der Waals surface area contributed by atoms with Crippen molar-refractivity contribution in [2.24, 2.45) is 5.41 Å². The SMILES string of the molecule is C1=CC2(CC1)CCCCC2. The highest BCUT2D eigenvalue weighted by molar-refractivity contribution is 5.07. The van der Waals surface area contributed by atoms with Crippen LogP contribution in [0.4, 0.5) is 0 Å². The first-order valence-corrected chi connectivity index (χ1v) is 4.59. The molecule has 0 aromatic carbocycles. The maximum Gasteiger partial charge on any atom is -0.0115 e. The van der Waals surface area contributed by atoms with Crippen molar-refractivity contribution in [2.45, 2.75) is 44.9 Å². The lowest BCUT2D eigenvalue weighted by atomic mass is 9.74. The van der Waals surface area contributed by atoms with E-state index in [1.165, 1.54) is 44.9 Å². The number of hydrogen-bond donors (Lipinski definition) is 0. The van der Waals surface area contributed by atoms with Gasteiger partial charge in [0.15, 0.2) is 0 Å². The molecule has 0 radical (unpaired) electrons. The zero-order chi connectivity index (χ0) is 6.86. The van der Waals surface area contributed by atoms with E-state index in [9.17, 15) is 0 Å². The molecule has 1 fully saturated rings. The summed E-state index contributed by atoms with van der Waals surface area (Å²) in [5.74, 6) is 0. The van der Waals surface area contributed by atoms with Crippen molar-refractivity contribution in [2.75, 3.05) is 0 Å². The highest BCUT2D eigenvalue weighted by atomic mass is 14.4. The molecular weight excluding hydrogens is 120 g/mol. The minimum Gasteiger partial charge on any atom is -0.0879 e. The van der Waals surface area contributed by atoms with E-state index in [0.717, 1.165) is 0 Å². The predicted octanol–water partition coefficient (Wildman–Crippen LogP) is 3.29. The second kappa shape index (κ2) is 2.41. The van der Waals surface area contributed by atoms with Crippen molar-refractivity contribution in [1.82, 2.24) is 0 Å². The van der Waals surface area contributed by atoms with Crippen molar-refractivity contribution in [3.05, 3.63) is 12.2 Å². The Balaban J connectivity index is 2.05. The number of rotatable bonds is 0. The van der Waals surface area contributed by atoms with Crippen molar-refractivity contribution in [1.29, 1.82) is 0 Å². The van der Waals surface area contributed by atoms with Gasteiger partial charge in [0.2, 0.25) is 0 Å². The lowest BCUT2D eigenvalue weighted by molar-refractivity contribution is 0.254. The molecule has 0 amide bonds. The minimum atomic E-state index is 0.693. The summed E-state index contributed by atoms with van der Waals surface area (Å²) in [4.78, 5) is 0. The van der Waals surface area contributed by atoms with E-state index in [1.807, 2.05) is 0 Å². The first kappa shape index (κ1) is 6.45. The van der Waals surface area contributed by atoms with Crippen LogP contribution in [0.15, 0.2) is 12.2 Å². The molecule has 1 spiro atoms. The second-order valence-electron chi connectivity index (χ2n) is 3.86. The van der Waals surface area contributed by atoms with Gasteiger partial charge in [0.25, 0.3) is 0 Å². The van der Waals surface area contributed by atoms with Crippen LogP contribution < -0.4 is 0 Å². The molecule has 0 aliphatic heterocycles. The lowest BCUT2D eigenvalue weighted by Crippen LogP contribution is -2.18. The van der Waals surface area contributed by atoms with Gasteiger partial charge in [-0.3, -0.25) is 0 Å². The van der Waals surface area contributed by atoms with Gasteiger partial charge in [-0.25, -0.2) is 0 Å². The molecule has 2 aliphatic rings. The van der Waals surface area contributed by atoms with Crippen molar-refractivity contribution in [3.8, 4) is 0 Å². The normalized spacial score (nSPS) is 29.6. The van der Waals surface area contributed by atoms with E-state index in [-0.39, 0.29) is 0 Å². The lowest BCUT2D eigenvalue weighted by Gasteiger charge is -2.31. The predicted molar refractivity (Wildman–Crippen MR) is 43.9 cm³/mol. The molecule has 0 heteroatoms. The third kappa shape index (κ3) is 1.00. The van der Waals surface area contributed by atoms with E-state index < -0.39 is 0 Å². The number of allylic oxidation sites excluding steroid dienone is 2. The van der Waals surface area contributed by atoms with Gasteiger partial charge in [-0.15, -0.1) is 0 Å². The molecule has 0 aromatic heterocycles. The molecule has 0 atom stereocenters. The largest absolute Gasteiger partial charge is 0.0879 e. The summed E-state index contributed by atoms with van der Waals surface area (Å²) >= 11 is 0. The molecule has 1 saturated carbocycles. The summed E-state index contributed by atoms with van der Waals surface area (Å²) in [5.41, 5.74) is 0.693. The van der Waals surface area contributed by atoms with Crippen LogP contribution in [0, 0.1) is 5.41 Å². The molecule has 0 heterocycles. The average Bonchev–Trinajstić information content (AvgIpc) is 2.39. The summed E-state index contributed by atoms with van der Waals surface area (Å²) in [7, 11) is 0. The van der Waals surface area contributed by atoms with Crippen LogP contribution in [-0.4, -0.2) is 0 Å². The van der Waals surface area contributed by atoms with Gasteiger partial charge in [-0.1, -0.05) is 31.4 Å². The zero-order valence-electron chi connectivity index (χ0n) is 6.60. The zero-order valence-corrected chi connectivity index (χ0v) is 6.60. The topological polar surface area (TPSA) is 0 Å². The van der Waals surface area contributed by atoms with E-state index in [2.05, 4.69) is 12.2 Å². The molecule has 2 rings (SSSR count). The fraction of sp³-hybridized carbons (Fsp3) is 0.800. The maximum atomic E-state index is 2.49. The van der Waals surface area contributed by atoms with Gasteiger partial charge in [0.1, 0.15) is 0 Å². The van der Waals surface area contributed by atoms with Gasteiger partial charge >= 0.3 is 0 Å². The highest BCUT2D eigenvalue weighted by Crippen LogP contribution is 2.44. The Labute approximate surface area is 63.3 Å². The van der Waals surface area contributed by atoms with Crippen LogP contribution >= 0.6 is 0 Å². The first-order chi connectivity index (χ1) is 4.91. The van der Waals surface area contributed by atoms with Gasteiger partial charge in [0, 0.05) is 0 Å². The van der Waals surface area contributed by atoms with Crippen molar-refractivity contribution < 1.29 is 0 Å². The Kier molecular flexibility index (Phi) is 1.55. The van der Waals surface area contributed by atoms with Crippen molar-refractivity contribution >= 4 is 0 Å². The van der Waals surface area contributed by atoms with Crippen LogP contribution in [0.3, 0.4) is 0 Å². The first-order valence-electron chi connectivity index (χ1n) is 4.59. The molecular formula is C10H16. The maximum absolute atomic E-state index is 2.49. The molecule has 10 heavy (non-hydrogen) atoms.